The monoisotopic (exact) mass is 285 g/mol. The molecule has 0 bridgehead atoms. The van der Waals surface area contributed by atoms with Gasteiger partial charge in [0, 0.05) is 22.8 Å². The third-order valence-electron chi connectivity index (χ3n) is 3.74. The Labute approximate surface area is 120 Å². The Balaban J connectivity index is 1.93. The Morgan fingerprint density at radius 1 is 1.28 bits per heavy atom. The second-order valence-corrected chi connectivity index (χ2v) is 8.65. The number of halogens is 1. The Hall–Kier alpha value is -0.0500. The molecule has 0 aliphatic heterocycles. The first-order chi connectivity index (χ1) is 8.26. The molecular weight excluding hydrogens is 262 g/mol. The maximum Gasteiger partial charge on any atom is 0.0516 e. The average Bonchev–Trinajstić information content (AvgIpc) is 2.56. The number of nitrogens with one attached hydrogen (secondary N) is 1. The third-order valence-corrected chi connectivity index (χ3v) is 5.03. The van der Waals surface area contributed by atoms with Crippen LogP contribution in [0.25, 0.3) is 0 Å². The summed E-state index contributed by atoms with van der Waals surface area (Å²) in [5.41, 5.74) is 0.902. The predicted octanol–water partition coefficient (Wildman–Crippen LogP) is 5.10. The lowest BCUT2D eigenvalue weighted by molar-refractivity contribution is 0.0846. The molecule has 1 aliphatic rings. The van der Waals surface area contributed by atoms with E-state index in [1.165, 1.54) is 24.1 Å². The van der Waals surface area contributed by atoms with E-state index in [-0.39, 0.29) is 0 Å². The standard InChI is InChI=1S/C15H24ClNS/c1-14(2)6-12(7-15(3,4)10-14)17-8-13-5-11(16)9-18-13/h5,9,12,17H,6-8,10H2,1-4H3. The zero-order valence-corrected chi connectivity index (χ0v) is 13.4. The van der Waals surface area contributed by atoms with Gasteiger partial charge in [-0.15, -0.1) is 11.3 Å². The van der Waals surface area contributed by atoms with Crippen LogP contribution in [0.15, 0.2) is 11.4 Å². The third kappa shape index (κ3) is 3.97. The van der Waals surface area contributed by atoms with Gasteiger partial charge in [0.25, 0.3) is 0 Å². The summed E-state index contributed by atoms with van der Waals surface area (Å²) in [6.07, 6.45) is 3.87. The van der Waals surface area contributed by atoms with Crippen molar-refractivity contribution in [1.82, 2.24) is 5.32 Å². The van der Waals surface area contributed by atoms with Gasteiger partial charge in [-0.25, -0.2) is 0 Å². The summed E-state index contributed by atoms with van der Waals surface area (Å²) in [5, 5.41) is 6.58. The summed E-state index contributed by atoms with van der Waals surface area (Å²) < 4.78 is 0. The molecule has 1 aromatic rings. The van der Waals surface area contributed by atoms with Crippen molar-refractivity contribution < 1.29 is 0 Å². The molecular formula is C15H24ClNS. The van der Waals surface area contributed by atoms with Gasteiger partial charge in [-0.1, -0.05) is 39.3 Å². The van der Waals surface area contributed by atoms with Crippen LogP contribution in [0.2, 0.25) is 5.02 Å². The SMILES string of the molecule is CC1(C)CC(NCc2cc(Cl)cs2)CC(C)(C)C1. The van der Waals surface area contributed by atoms with Gasteiger partial charge in [0.2, 0.25) is 0 Å². The zero-order chi connectivity index (χ0) is 13.4. The molecule has 0 unspecified atom stereocenters. The highest BCUT2D eigenvalue weighted by Crippen LogP contribution is 2.45. The van der Waals surface area contributed by atoms with Crippen LogP contribution in [0.4, 0.5) is 0 Å². The van der Waals surface area contributed by atoms with E-state index in [2.05, 4.69) is 39.1 Å². The molecule has 0 saturated heterocycles. The van der Waals surface area contributed by atoms with Crippen molar-refractivity contribution in [3.63, 3.8) is 0 Å². The van der Waals surface area contributed by atoms with Crippen molar-refractivity contribution in [2.45, 2.75) is 59.5 Å². The van der Waals surface area contributed by atoms with Gasteiger partial charge in [-0.2, -0.15) is 0 Å². The van der Waals surface area contributed by atoms with Crippen molar-refractivity contribution in [2.75, 3.05) is 0 Å². The number of rotatable bonds is 3. The topological polar surface area (TPSA) is 12.0 Å². The molecule has 1 nitrogen and oxygen atoms in total. The molecule has 1 aliphatic carbocycles. The molecule has 0 aromatic carbocycles. The minimum absolute atomic E-state index is 0.451. The lowest BCUT2D eigenvalue weighted by Crippen LogP contribution is -2.43. The summed E-state index contributed by atoms with van der Waals surface area (Å²) >= 11 is 7.70. The fourth-order valence-corrected chi connectivity index (χ4v) is 4.71. The van der Waals surface area contributed by atoms with Crippen molar-refractivity contribution >= 4 is 22.9 Å². The summed E-state index contributed by atoms with van der Waals surface area (Å²) in [4.78, 5) is 1.33. The summed E-state index contributed by atoms with van der Waals surface area (Å²) in [5.74, 6) is 0. The van der Waals surface area contributed by atoms with E-state index < -0.39 is 0 Å². The first-order valence-corrected chi connectivity index (χ1v) is 7.98. The van der Waals surface area contributed by atoms with Gasteiger partial charge in [0.15, 0.2) is 0 Å². The van der Waals surface area contributed by atoms with E-state index >= 15 is 0 Å². The highest BCUT2D eigenvalue weighted by Gasteiger charge is 2.38. The zero-order valence-electron chi connectivity index (χ0n) is 11.8. The fraction of sp³-hybridized carbons (Fsp3) is 0.733. The molecule has 0 radical (unpaired) electrons. The van der Waals surface area contributed by atoms with E-state index in [9.17, 15) is 0 Å². The van der Waals surface area contributed by atoms with Crippen LogP contribution >= 0.6 is 22.9 Å². The minimum Gasteiger partial charge on any atom is -0.309 e. The van der Waals surface area contributed by atoms with Crippen molar-refractivity contribution in [2.24, 2.45) is 10.8 Å². The number of hydrogen-bond donors (Lipinski definition) is 1. The minimum atomic E-state index is 0.451. The van der Waals surface area contributed by atoms with Crippen molar-refractivity contribution in [1.29, 1.82) is 0 Å². The normalized spacial score (nSPS) is 23.2. The van der Waals surface area contributed by atoms with Crippen LogP contribution in [0.5, 0.6) is 0 Å². The number of thiophene rings is 1. The van der Waals surface area contributed by atoms with E-state index in [0.29, 0.717) is 16.9 Å². The molecule has 1 fully saturated rings. The largest absolute Gasteiger partial charge is 0.309 e. The van der Waals surface area contributed by atoms with Gasteiger partial charge in [0.05, 0.1) is 5.02 Å². The van der Waals surface area contributed by atoms with E-state index in [1.54, 1.807) is 11.3 Å². The van der Waals surface area contributed by atoms with E-state index in [4.69, 9.17) is 11.6 Å². The fourth-order valence-electron chi connectivity index (χ4n) is 3.68. The second kappa shape index (κ2) is 5.15. The van der Waals surface area contributed by atoms with Crippen LogP contribution in [0.1, 0.15) is 51.8 Å². The smallest absolute Gasteiger partial charge is 0.0516 e. The Morgan fingerprint density at radius 2 is 1.89 bits per heavy atom. The maximum absolute atomic E-state index is 5.96. The van der Waals surface area contributed by atoms with Crippen LogP contribution in [-0.4, -0.2) is 6.04 Å². The Bertz CT molecular complexity index is 392. The van der Waals surface area contributed by atoms with Crippen LogP contribution in [0.3, 0.4) is 0 Å². The summed E-state index contributed by atoms with van der Waals surface area (Å²) in [6, 6.07) is 2.70. The van der Waals surface area contributed by atoms with E-state index in [1.807, 2.05) is 5.38 Å². The summed E-state index contributed by atoms with van der Waals surface area (Å²) in [6.45, 7) is 10.5. The molecule has 0 amide bonds. The van der Waals surface area contributed by atoms with Gasteiger partial charge in [-0.05, 0) is 36.2 Å². The molecule has 1 heterocycles. The molecule has 1 saturated carbocycles. The lowest BCUT2D eigenvalue weighted by atomic mass is 9.63. The molecule has 0 atom stereocenters. The highest BCUT2D eigenvalue weighted by atomic mass is 35.5. The van der Waals surface area contributed by atoms with Crippen LogP contribution < -0.4 is 5.32 Å². The Morgan fingerprint density at radius 3 is 2.39 bits per heavy atom. The molecule has 1 aromatic heterocycles. The van der Waals surface area contributed by atoms with E-state index in [0.717, 1.165) is 11.6 Å². The maximum atomic E-state index is 5.96. The first-order valence-electron chi connectivity index (χ1n) is 6.72. The summed E-state index contributed by atoms with van der Waals surface area (Å²) in [7, 11) is 0. The molecule has 2 rings (SSSR count). The predicted molar refractivity (Wildman–Crippen MR) is 81.4 cm³/mol. The van der Waals surface area contributed by atoms with Gasteiger partial charge in [-0.3, -0.25) is 0 Å². The molecule has 0 spiro atoms. The highest BCUT2D eigenvalue weighted by molar-refractivity contribution is 7.10. The molecule has 18 heavy (non-hydrogen) atoms. The van der Waals surface area contributed by atoms with Crippen LogP contribution in [-0.2, 0) is 6.54 Å². The number of hydrogen-bond acceptors (Lipinski definition) is 2. The van der Waals surface area contributed by atoms with Gasteiger partial charge in [0.1, 0.15) is 0 Å². The Kier molecular flexibility index (Phi) is 4.10. The van der Waals surface area contributed by atoms with Crippen molar-refractivity contribution in [3.05, 3.63) is 21.3 Å². The average molecular weight is 286 g/mol. The first kappa shape index (κ1) is 14.4. The van der Waals surface area contributed by atoms with Crippen molar-refractivity contribution in [3.8, 4) is 0 Å². The second-order valence-electron chi connectivity index (χ2n) is 7.22. The molecule has 1 N–H and O–H groups in total. The van der Waals surface area contributed by atoms with Gasteiger partial charge < -0.3 is 5.32 Å². The van der Waals surface area contributed by atoms with Crippen LogP contribution in [0, 0.1) is 10.8 Å². The molecule has 3 heteroatoms. The quantitative estimate of drug-likeness (QED) is 0.815. The molecule has 102 valence electrons. The lowest BCUT2D eigenvalue weighted by Gasteiger charge is -2.45. The van der Waals surface area contributed by atoms with Gasteiger partial charge >= 0.3 is 0 Å².